The number of carbonyl (C=O) groups excluding carboxylic acids is 1. The monoisotopic (exact) mass is 239 g/mol. The normalized spacial score (nSPS) is 23.4. The Morgan fingerprint density at radius 2 is 2.47 bits per heavy atom. The number of carbonyl (C=O) groups is 1. The lowest BCUT2D eigenvalue weighted by Crippen LogP contribution is -2.40. The minimum Gasteiger partial charge on any atom is -0.481 e. The van der Waals surface area contributed by atoms with Crippen LogP contribution in [0.25, 0.3) is 0 Å². The van der Waals surface area contributed by atoms with Gasteiger partial charge in [0.1, 0.15) is 0 Å². The van der Waals surface area contributed by atoms with E-state index in [4.69, 9.17) is 4.74 Å². The molecule has 0 aromatic carbocycles. The number of alkyl halides is 1. The van der Waals surface area contributed by atoms with Crippen molar-refractivity contribution in [3.63, 3.8) is 0 Å². The van der Waals surface area contributed by atoms with Crippen LogP contribution < -0.4 is 15.4 Å². The molecule has 2 rings (SSSR count). The molecule has 1 fully saturated rings. The van der Waals surface area contributed by atoms with E-state index in [1.54, 1.807) is 12.1 Å². The van der Waals surface area contributed by atoms with Crippen molar-refractivity contribution in [3.05, 3.63) is 18.3 Å². The van der Waals surface area contributed by atoms with E-state index in [0.717, 1.165) is 0 Å². The van der Waals surface area contributed by atoms with E-state index in [1.165, 1.54) is 13.3 Å². The number of amides is 1. The molecule has 1 aliphatic heterocycles. The number of pyridine rings is 1. The van der Waals surface area contributed by atoms with Gasteiger partial charge in [-0.05, 0) is 12.6 Å². The number of hydrogen-bond donors (Lipinski definition) is 2. The molecular weight excluding hydrogens is 225 g/mol. The van der Waals surface area contributed by atoms with Crippen molar-refractivity contribution in [2.24, 2.45) is 0 Å². The van der Waals surface area contributed by atoms with Crippen molar-refractivity contribution < 1.29 is 13.9 Å². The number of nitrogens with one attached hydrogen (secondary N) is 2. The Bertz CT molecular complexity index is 402. The van der Waals surface area contributed by atoms with Crippen LogP contribution in [-0.2, 0) is 4.79 Å². The Morgan fingerprint density at radius 3 is 3.00 bits per heavy atom. The fraction of sp³-hybridized carbons (Fsp3) is 0.455. The zero-order valence-electron chi connectivity index (χ0n) is 9.50. The van der Waals surface area contributed by atoms with Gasteiger partial charge in [0.2, 0.25) is 11.5 Å². The summed E-state index contributed by atoms with van der Waals surface area (Å²) >= 11 is 0. The van der Waals surface area contributed by atoms with Crippen molar-refractivity contribution in [2.75, 3.05) is 25.5 Å². The van der Waals surface area contributed by atoms with E-state index >= 15 is 0 Å². The first kappa shape index (κ1) is 11.8. The van der Waals surface area contributed by atoms with Crippen LogP contribution in [0.4, 0.5) is 10.1 Å². The van der Waals surface area contributed by atoms with Gasteiger partial charge in [0.15, 0.2) is 0 Å². The highest BCUT2D eigenvalue weighted by atomic mass is 19.1. The fourth-order valence-corrected chi connectivity index (χ4v) is 1.67. The quantitative estimate of drug-likeness (QED) is 0.816. The maximum absolute atomic E-state index is 14.0. The molecule has 1 amide bonds. The van der Waals surface area contributed by atoms with E-state index in [-0.39, 0.29) is 13.0 Å². The third-order valence-corrected chi connectivity index (χ3v) is 2.71. The molecule has 1 aromatic rings. The summed E-state index contributed by atoms with van der Waals surface area (Å²) in [6.07, 6.45) is 1.63. The topological polar surface area (TPSA) is 63.2 Å². The Hall–Kier alpha value is -1.69. The van der Waals surface area contributed by atoms with Gasteiger partial charge in [0.25, 0.3) is 5.91 Å². The smallest absolute Gasteiger partial charge is 0.263 e. The van der Waals surface area contributed by atoms with Crippen molar-refractivity contribution in [1.82, 2.24) is 10.3 Å². The van der Waals surface area contributed by atoms with Crippen LogP contribution in [0.5, 0.6) is 5.88 Å². The first-order chi connectivity index (χ1) is 8.14. The third kappa shape index (κ3) is 2.52. The molecule has 2 heterocycles. The summed E-state index contributed by atoms with van der Waals surface area (Å²) in [5, 5.41) is 5.33. The molecule has 17 heavy (non-hydrogen) atoms. The lowest BCUT2D eigenvalue weighted by molar-refractivity contribution is -0.126. The zero-order chi connectivity index (χ0) is 12.3. The third-order valence-electron chi connectivity index (χ3n) is 2.71. The molecule has 92 valence electrons. The van der Waals surface area contributed by atoms with Crippen LogP contribution >= 0.6 is 0 Å². The van der Waals surface area contributed by atoms with Crippen molar-refractivity contribution in [2.45, 2.75) is 12.1 Å². The lowest BCUT2D eigenvalue weighted by atomic mass is 10.0. The molecule has 1 aromatic heterocycles. The van der Waals surface area contributed by atoms with E-state index in [9.17, 15) is 9.18 Å². The molecule has 0 bridgehead atoms. The second-order valence-corrected chi connectivity index (χ2v) is 3.94. The van der Waals surface area contributed by atoms with Crippen molar-refractivity contribution >= 4 is 11.6 Å². The van der Waals surface area contributed by atoms with Crippen LogP contribution in [0.2, 0.25) is 0 Å². The molecule has 0 aliphatic carbocycles. The van der Waals surface area contributed by atoms with Gasteiger partial charge < -0.3 is 15.4 Å². The summed E-state index contributed by atoms with van der Waals surface area (Å²) in [5.74, 6) is -0.185. The molecule has 1 aliphatic rings. The minimum absolute atomic E-state index is 0.0580. The Labute approximate surface area is 98.4 Å². The summed E-state index contributed by atoms with van der Waals surface area (Å²) in [4.78, 5) is 15.6. The van der Waals surface area contributed by atoms with Gasteiger partial charge in [0.05, 0.1) is 19.0 Å². The summed E-state index contributed by atoms with van der Waals surface area (Å²) in [6, 6.07) is 3.23. The Morgan fingerprint density at radius 1 is 1.65 bits per heavy atom. The van der Waals surface area contributed by atoms with Crippen LogP contribution in [0.3, 0.4) is 0 Å². The van der Waals surface area contributed by atoms with Gasteiger partial charge >= 0.3 is 0 Å². The molecule has 0 saturated carbocycles. The zero-order valence-corrected chi connectivity index (χ0v) is 9.50. The van der Waals surface area contributed by atoms with Crippen LogP contribution in [0, 0.1) is 0 Å². The minimum atomic E-state index is -1.82. The highest BCUT2D eigenvalue weighted by Gasteiger charge is 2.41. The van der Waals surface area contributed by atoms with E-state index in [2.05, 4.69) is 15.6 Å². The average Bonchev–Trinajstić information content (AvgIpc) is 2.78. The number of hydrogen-bond acceptors (Lipinski definition) is 4. The molecule has 0 unspecified atom stereocenters. The van der Waals surface area contributed by atoms with Gasteiger partial charge in [-0.3, -0.25) is 4.79 Å². The van der Waals surface area contributed by atoms with Gasteiger partial charge in [-0.2, -0.15) is 0 Å². The fourth-order valence-electron chi connectivity index (χ4n) is 1.67. The first-order valence-electron chi connectivity index (χ1n) is 5.35. The average molecular weight is 239 g/mol. The predicted octanol–water partition coefficient (Wildman–Crippen LogP) is 0.730. The van der Waals surface area contributed by atoms with Gasteiger partial charge in [-0.1, -0.05) is 0 Å². The summed E-state index contributed by atoms with van der Waals surface area (Å²) in [6.45, 7) is 0.577. The van der Waals surface area contributed by atoms with Crippen molar-refractivity contribution in [1.29, 1.82) is 0 Å². The number of aromatic nitrogens is 1. The lowest BCUT2D eigenvalue weighted by Gasteiger charge is -2.17. The van der Waals surface area contributed by atoms with E-state index in [1.807, 2.05) is 0 Å². The van der Waals surface area contributed by atoms with E-state index in [0.29, 0.717) is 18.1 Å². The summed E-state index contributed by atoms with van der Waals surface area (Å²) in [7, 11) is 1.50. The number of methoxy groups -OCH3 is 1. The van der Waals surface area contributed by atoms with Gasteiger partial charge in [0, 0.05) is 19.0 Å². The molecule has 6 heteroatoms. The largest absolute Gasteiger partial charge is 0.481 e. The summed E-state index contributed by atoms with van der Waals surface area (Å²) in [5.41, 5.74) is -1.36. The number of halogens is 1. The molecule has 0 radical (unpaired) electrons. The number of rotatable bonds is 3. The Balaban J connectivity index is 2.02. The standard InChI is InChI=1S/C11H14FN3O2/c1-17-9-3-2-8(6-14-9)15-10(16)11(12)4-5-13-7-11/h2-3,6,13H,4-5,7H2,1H3,(H,15,16)/t11-/m0/s1. The van der Waals surface area contributed by atoms with E-state index < -0.39 is 11.6 Å². The van der Waals surface area contributed by atoms with Gasteiger partial charge in [-0.15, -0.1) is 0 Å². The number of anilines is 1. The molecule has 1 saturated heterocycles. The molecule has 5 nitrogen and oxygen atoms in total. The second kappa shape index (κ2) is 4.67. The molecule has 0 spiro atoms. The molecule has 2 N–H and O–H groups in total. The van der Waals surface area contributed by atoms with Crippen molar-refractivity contribution in [3.8, 4) is 5.88 Å². The maximum atomic E-state index is 14.0. The molecule has 1 atom stereocenters. The predicted molar refractivity (Wildman–Crippen MR) is 60.7 cm³/mol. The number of ether oxygens (including phenoxy) is 1. The highest BCUT2D eigenvalue weighted by molar-refractivity contribution is 5.97. The van der Waals surface area contributed by atoms with Crippen LogP contribution in [-0.4, -0.2) is 36.8 Å². The Kier molecular flexibility index (Phi) is 3.23. The number of nitrogens with zero attached hydrogens (tertiary/aromatic N) is 1. The molecular formula is C11H14FN3O2. The van der Waals surface area contributed by atoms with Crippen LogP contribution in [0.1, 0.15) is 6.42 Å². The first-order valence-corrected chi connectivity index (χ1v) is 5.35. The summed E-state index contributed by atoms with van der Waals surface area (Å²) < 4.78 is 18.9. The van der Waals surface area contributed by atoms with Gasteiger partial charge in [-0.25, -0.2) is 9.37 Å². The van der Waals surface area contributed by atoms with Crippen LogP contribution in [0.15, 0.2) is 18.3 Å². The second-order valence-electron chi connectivity index (χ2n) is 3.94. The SMILES string of the molecule is COc1ccc(NC(=O)[C@]2(F)CCNC2)cn1. The highest BCUT2D eigenvalue weighted by Crippen LogP contribution is 2.22. The maximum Gasteiger partial charge on any atom is 0.263 e.